The number of nitrogens with zero attached hydrogens (tertiary/aromatic N) is 6. The zero-order valence-corrected chi connectivity index (χ0v) is 14.3. The molecule has 0 radical (unpaired) electrons. The van der Waals surface area contributed by atoms with Crippen LogP contribution < -0.4 is 10.2 Å². The Hall–Kier alpha value is -1.48. The molecule has 0 unspecified atom stereocenters. The van der Waals surface area contributed by atoms with E-state index >= 15 is 0 Å². The maximum Gasteiger partial charge on any atom is 0.231 e. The molecule has 2 heterocycles. The number of aromatic nitrogens is 5. The lowest BCUT2D eigenvalue weighted by molar-refractivity contribution is 0.784. The van der Waals surface area contributed by atoms with Gasteiger partial charge in [0.15, 0.2) is 4.34 Å². The van der Waals surface area contributed by atoms with Gasteiger partial charge in [-0.25, -0.2) is 4.98 Å². The van der Waals surface area contributed by atoms with E-state index in [1.807, 2.05) is 6.92 Å². The van der Waals surface area contributed by atoms with Gasteiger partial charge >= 0.3 is 0 Å². The molecule has 21 heavy (non-hydrogen) atoms. The van der Waals surface area contributed by atoms with Gasteiger partial charge in [0.05, 0.1) is 0 Å². The summed E-state index contributed by atoms with van der Waals surface area (Å²) in [6.07, 6.45) is 0.834. The molecule has 0 aliphatic carbocycles. The Morgan fingerprint density at radius 1 is 1.10 bits per heavy atom. The topological polar surface area (TPSA) is 79.7 Å². The van der Waals surface area contributed by atoms with Gasteiger partial charge in [0.2, 0.25) is 17.1 Å². The van der Waals surface area contributed by atoms with Crippen molar-refractivity contribution in [2.24, 2.45) is 0 Å². The first-order chi connectivity index (χ1) is 10.2. The van der Waals surface area contributed by atoms with Crippen molar-refractivity contribution in [2.75, 3.05) is 30.4 Å². The van der Waals surface area contributed by atoms with Crippen LogP contribution in [0.1, 0.15) is 26.6 Å². The van der Waals surface area contributed by atoms with E-state index in [-0.39, 0.29) is 0 Å². The number of hydrogen-bond acceptors (Lipinski definition) is 9. The molecule has 2 aromatic heterocycles. The lowest BCUT2D eigenvalue weighted by Gasteiger charge is -2.18. The summed E-state index contributed by atoms with van der Waals surface area (Å²) >= 11 is 2.80. The standard InChI is InChI=1S/C12H19N7S2/c1-5-8-14-12(21-18-8)20-11-16-9(13-4)15-10(17-11)19(6-2)7-3/h5-7H2,1-4H3,(H,13,15,16,17). The van der Waals surface area contributed by atoms with E-state index in [1.165, 1.54) is 23.3 Å². The fourth-order valence-corrected chi connectivity index (χ4v) is 3.20. The van der Waals surface area contributed by atoms with Crippen molar-refractivity contribution in [3.8, 4) is 0 Å². The minimum absolute atomic E-state index is 0.564. The molecule has 7 nitrogen and oxygen atoms in total. The fourth-order valence-electron chi connectivity index (χ4n) is 1.65. The first-order valence-electron chi connectivity index (χ1n) is 6.89. The van der Waals surface area contributed by atoms with Gasteiger partial charge < -0.3 is 10.2 Å². The summed E-state index contributed by atoms with van der Waals surface area (Å²) < 4.78 is 5.13. The summed E-state index contributed by atoms with van der Waals surface area (Å²) in [6, 6.07) is 0. The van der Waals surface area contributed by atoms with E-state index in [2.05, 4.69) is 48.4 Å². The predicted octanol–water partition coefficient (Wildman–Crippen LogP) is 2.32. The molecular formula is C12H19N7S2. The van der Waals surface area contributed by atoms with Crippen LogP contribution in [0.2, 0.25) is 0 Å². The summed E-state index contributed by atoms with van der Waals surface area (Å²) in [6.45, 7) is 7.91. The predicted molar refractivity (Wildman–Crippen MR) is 86.3 cm³/mol. The van der Waals surface area contributed by atoms with Crippen LogP contribution in [0, 0.1) is 0 Å². The van der Waals surface area contributed by atoms with Gasteiger partial charge in [-0.1, -0.05) is 6.92 Å². The van der Waals surface area contributed by atoms with E-state index in [4.69, 9.17) is 0 Å². The average Bonchev–Trinajstić information content (AvgIpc) is 2.96. The van der Waals surface area contributed by atoms with Crippen LogP contribution in [0.5, 0.6) is 0 Å². The Morgan fingerprint density at radius 2 is 1.86 bits per heavy atom. The van der Waals surface area contributed by atoms with Gasteiger partial charge in [0, 0.05) is 26.6 Å². The summed E-state index contributed by atoms with van der Waals surface area (Å²) in [5.74, 6) is 2.10. The number of aryl methyl sites for hydroxylation is 1. The molecule has 114 valence electrons. The van der Waals surface area contributed by atoms with Crippen LogP contribution >= 0.6 is 23.3 Å². The maximum atomic E-state index is 4.52. The van der Waals surface area contributed by atoms with Crippen molar-refractivity contribution >= 4 is 35.2 Å². The summed E-state index contributed by atoms with van der Waals surface area (Å²) in [7, 11) is 1.80. The fraction of sp³-hybridized carbons (Fsp3) is 0.583. The molecule has 0 aliphatic rings. The maximum absolute atomic E-state index is 4.52. The third-order valence-corrected chi connectivity index (χ3v) is 4.47. The highest BCUT2D eigenvalue weighted by molar-refractivity contribution is 8.00. The first-order valence-corrected chi connectivity index (χ1v) is 8.48. The molecule has 0 amide bonds. The van der Waals surface area contributed by atoms with Crippen LogP contribution in [0.15, 0.2) is 9.50 Å². The molecule has 9 heteroatoms. The van der Waals surface area contributed by atoms with Crippen molar-refractivity contribution in [2.45, 2.75) is 36.7 Å². The molecule has 0 atom stereocenters. The molecule has 0 fully saturated rings. The smallest absolute Gasteiger partial charge is 0.231 e. The van der Waals surface area contributed by atoms with Gasteiger partial charge in [-0.05, 0) is 37.1 Å². The number of rotatable bonds is 7. The highest BCUT2D eigenvalue weighted by Crippen LogP contribution is 2.28. The van der Waals surface area contributed by atoms with E-state index in [0.717, 1.165) is 29.7 Å². The van der Waals surface area contributed by atoms with Crippen LogP contribution in [-0.2, 0) is 6.42 Å². The number of nitrogens with one attached hydrogen (secondary N) is 1. The molecule has 0 bridgehead atoms. The van der Waals surface area contributed by atoms with E-state index in [1.54, 1.807) is 7.05 Å². The van der Waals surface area contributed by atoms with Crippen molar-refractivity contribution in [3.05, 3.63) is 5.82 Å². The molecular weight excluding hydrogens is 306 g/mol. The average molecular weight is 325 g/mol. The quantitative estimate of drug-likeness (QED) is 0.831. The molecule has 2 rings (SSSR count). The van der Waals surface area contributed by atoms with Crippen molar-refractivity contribution in [1.82, 2.24) is 24.3 Å². The summed E-state index contributed by atoms with van der Waals surface area (Å²) in [5, 5.41) is 3.61. The van der Waals surface area contributed by atoms with Gasteiger partial charge in [-0.2, -0.15) is 19.3 Å². The minimum Gasteiger partial charge on any atom is -0.357 e. The molecule has 0 aromatic carbocycles. The Balaban J connectivity index is 2.27. The molecule has 1 N–H and O–H groups in total. The largest absolute Gasteiger partial charge is 0.357 e. The van der Waals surface area contributed by atoms with Crippen LogP contribution in [-0.4, -0.2) is 44.4 Å². The van der Waals surface area contributed by atoms with E-state index < -0.39 is 0 Å². The molecule has 0 aliphatic heterocycles. The molecule has 0 spiro atoms. The van der Waals surface area contributed by atoms with Crippen LogP contribution in [0.3, 0.4) is 0 Å². The Kier molecular flexibility index (Phi) is 5.68. The summed E-state index contributed by atoms with van der Waals surface area (Å²) in [5.41, 5.74) is 0. The zero-order valence-electron chi connectivity index (χ0n) is 12.6. The van der Waals surface area contributed by atoms with Gasteiger partial charge in [0.1, 0.15) is 5.82 Å². The van der Waals surface area contributed by atoms with E-state index in [0.29, 0.717) is 17.1 Å². The van der Waals surface area contributed by atoms with Gasteiger partial charge in [0.25, 0.3) is 0 Å². The van der Waals surface area contributed by atoms with Crippen molar-refractivity contribution in [3.63, 3.8) is 0 Å². The highest BCUT2D eigenvalue weighted by Gasteiger charge is 2.13. The number of hydrogen-bond donors (Lipinski definition) is 1. The Bertz CT molecular complexity index is 583. The lowest BCUT2D eigenvalue weighted by Crippen LogP contribution is -2.25. The third-order valence-electron chi connectivity index (χ3n) is 2.82. The van der Waals surface area contributed by atoms with Crippen molar-refractivity contribution in [1.29, 1.82) is 0 Å². The second-order valence-corrected chi connectivity index (χ2v) is 6.06. The monoisotopic (exact) mass is 325 g/mol. The second kappa shape index (κ2) is 7.51. The minimum atomic E-state index is 0.564. The Morgan fingerprint density at radius 3 is 2.43 bits per heavy atom. The second-order valence-electron chi connectivity index (χ2n) is 4.10. The zero-order chi connectivity index (χ0) is 15.2. The normalized spacial score (nSPS) is 10.7. The van der Waals surface area contributed by atoms with Gasteiger partial charge in [-0.3, -0.25) is 0 Å². The third kappa shape index (κ3) is 4.01. The molecule has 2 aromatic rings. The summed E-state index contributed by atoms with van der Waals surface area (Å²) in [4.78, 5) is 19.8. The lowest BCUT2D eigenvalue weighted by atomic mass is 10.5. The number of anilines is 2. The first kappa shape index (κ1) is 15.9. The molecule has 0 saturated carbocycles. The Labute approximate surface area is 132 Å². The SMILES string of the molecule is CCc1nsc(Sc2nc(NC)nc(N(CC)CC)n2)n1. The van der Waals surface area contributed by atoms with Crippen LogP contribution in [0.4, 0.5) is 11.9 Å². The molecule has 0 saturated heterocycles. The van der Waals surface area contributed by atoms with Crippen molar-refractivity contribution < 1.29 is 0 Å². The van der Waals surface area contributed by atoms with Gasteiger partial charge in [-0.15, -0.1) is 0 Å². The van der Waals surface area contributed by atoms with E-state index in [9.17, 15) is 0 Å². The highest BCUT2D eigenvalue weighted by atomic mass is 32.2. The van der Waals surface area contributed by atoms with Crippen LogP contribution in [0.25, 0.3) is 0 Å².